The Kier molecular flexibility index (Phi) is 6.21. The number of nitrogens with one attached hydrogen (secondary N) is 1. The smallest absolute Gasteiger partial charge is 0.311 e. The summed E-state index contributed by atoms with van der Waals surface area (Å²) in [5, 5.41) is 1.74. The minimum atomic E-state index is -3.94. The van der Waals surface area contributed by atoms with E-state index in [0.717, 1.165) is 11.3 Å². The Labute approximate surface area is 149 Å². The quantitative estimate of drug-likeness (QED) is 0.693. The molecular weight excluding hydrogens is 368 g/mol. The van der Waals surface area contributed by atoms with Crippen molar-refractivity contribution in [1.82, 2.24) is 4.98 Å². The minimum absolute atomic E-state index is 0.0193. The zero-order valence-electron chi connectivity index (χ0n) is 13.9. The lowest BCUT2D eigenvalue weighted by Crippen LogP contribution is -2.14. The van der Waals surface area contributed by atoms with E-state index in [0.29, 0.717) is 11.4 Å². The summed E-state index contributed by atoms with van der Waals surface area (Å²) in [6.45, 7) is 1.98. The van der Waals surface area contributed by atoms with Gasteiger partial charge in [0, 0.05) is 11.4 Å². The van der Waals surface area contributed by atoms with Crippen molar-refractivity contribution in [1.29, 1.82) is 0 Å². The molecule has 0 aliphatic rings. The van der Waals surface area contributed by atoms with Crippen LogP contribution in [-0.4, -0.2) is 40.2 Å². The SMILES string of the molecule is CCOC(=O)Cc1csc(NS(=O)(=O)c2cc(OC)ccc2OC)n1. The van der Waals surface area contributed by atoms with Gasteiger partial charge in [0.25, 0.3) is 10.0 Å². The number of benzene rings is 1. The lowest BCUT2D eigenvalue weighted by molar-refractivity contribution is -0.142. The summed E-state index contributed by atoms with van der Waals surface area (Å²) in [4.78, 5) is 15.5. The fourth-order valence-corrected chi connectivity index (χ4v) is 4.11. The van der Waals surface area contributed by atoms with Crippen LogP contribution in [0.1, 0.15) is 12.6 Å². The normalized spacial score (nSPS) is 11.0. The van der Waals surface area contributed by atoms with Crippen molar-refractivity contribution >= 4 is 32.5 Å². The van der Waals surface area contributed by atoms with Crippen molar-refractivity contribution in [3.8, 4) is 11.5 Å². The number of anilines is 1. The van der Waals surface area contributed by atoms with Crippen LogP contribution in [0.15, 0.2) is 28.5 Å². The first-order valence-electron chi connectivity index (χ1n) is 7.24. The van der Waals surface area contributed by atoms with Gasteiger partial charge in [-0.1, -0.05) is 0 Å². The molecule has 0 radical (unpaired) electrons. The molecule has 8 nitrogen and oxygen atoms in total. The predicted octanol–water partition coefficient (Wildman–Crippen LogP) is 2.07. The van der Waals surface area contributed by atoms with Gasteiger partial charge in [0.15, 0.2) is 5.13 Å². The first-order chi connectivity index (χ1) is 11.9. The van der Waals surface area contributed by atoms with Crippen LogP contribution in [0, 0.1) is 0 Å². The maximum atomic E-state index is 12.6. The van der Waals surface area contributed by atoms with E-state index in [9.17, 15) is 13.2 Å². The molecule has 2 aromatic rings. The number of methoxy groups -OCH3 is 2. The van der Waals surface area contributed by atoms with Gasteiger partial charge in [-0.05, 0) is 19.1 Å². The number of sulfonamides is 1. The summed E-state index contributed by atoms with van der Waals surface area (Å²) in [5.41, 5.74) is 0.429. The average Bonchev–Trinajstić information content (AvgIpc) is 3.00. The average molecular weight is 386 g/mol. The molecule has 0 aliphatic heterocycles. The summed E-state index contributed by atoms with van der Waals surface area (Å²) in [6, 6.07) is 4.45. The van der Waals surface area contributed by atoms with E-state index in [1.54, 1.807) is 18.4 Å². The highest BCUT2D eigenvalue weighted by molar-refractivity contribution is 7.93. The Morgan fingerprint density at radius 3 is 2.68 bits per heavy atom. The molecule has 1 N–H and O–H groups in total. The van der Waals surface area contributed by atoms with E-state index in [-0.39, 0.29) is 28.8 Å². The largest absolute Gasteiger partial charge is 0.497 e. The molecular formula is C15H18N2O6S2. The number of thiazole rings is 1. The summed E-state index contributed by atoms with van der Waals surface area (Å²) >= 11 is 1.07. The zero-order valence-corrected chi connectivity index (χ0v) is 15.6. The molecule has 0 unspecified atom stereocenters. The van der Waals surface area contributed by atoms with E-state index in [1.807, 2.05) is 0 Å². The Hall–Kier alpha value is -2.33. The Morgan fingerprint density at radius 1 is 1.28 bits per heavy atom. The Morgan fingerprint density at radius 2 is 2.04 bits per heavy atom. The number of carbonyl (C=O) groups excluding carboxylic acids is 1. The Bertz CT molecular complexity index is 847. The van der Waals surface area contributed by atoms with Crippen LogP contribution in [0.2, 0.25) is 0 Å². The lowest BCUT2D eigenvalue weighted by Gasteiger charge is -2.11. The number of carbonyl (C=O) groups is 1. The van der Waals surface area contributed by atoms with Gasteiger partial charge in [-0.15, -0.1) is 11.3 Å². The van der Waals surface area contributed by atoms with Crippen LogP contribution < -0.4 is 14.2 Å². The highest BCUT2D eigenvalue weighted by atomic mass is 32.2. The molecule has 0 spiro atoms. The van der Waals surface area contributed by atoms with E-state index >= 15 is 0 Å². The molecule has 0 saturated heterocycles. The fraction of sp³-hybridized carbons (Fsp3) is 0.333. The van der Waals surface area contributed by atoms with Crippen LogP contribution >= 0.6 is 11.3 Å². The third-order valence-corrected chi connectivity index (χ3v) is 5.36. The van der Waals surface area contributed by atoms with Crippen LogP contribution in [0.3, 0.4) is 0 Å². The maximum absolute atomic E-state index is 12.6. The molecule has 2 rings (SSSR count). The van der Waals surface area contributed by atoms with Gasteiger partial charge in [-0.3, -0.25) is 9.52 Å². The molecule has 1 aromatic heterocycles. The molecule has 1 aromatic carbocycles. The lowest BCUT2D eigenvalue weighted by atomic mass is 10.3. The molecule has 0 fully saturated rings. The van der Waals surface area contributed by atoms with E-state index in [2.05, 4.69) is 9.71 Å². The second-order valence-corrected chi connectivity index (χ2v) is 7.26. The van der Waals surface area contributed by atoms with Crippen molar-refractivity contribution in [3.63, 3.8) is 0 Å². The molecule has 0 aliphatic carbocycles. The van der Waals surface area contributed by atoms with Gasteiger partial charge >= 0.3 is 5.97 Å². The summed E-state index contributed by atoms with van der Waals surface area (Å²) in [7, 11) is -1.12. The fourth-order valence-electron chi connectivity index (χ4n) is 1.96. The summed E-state index contributed by atoms with van der Waals surface area (Å²) in [6.07, 6.45) is -0.0193. The maximum Gasteiger partial charge on any atom is 0.311 e. The summed E-state index contributed by atoms with van der Waals surface area (Å²) in [5.74, 6) is 0.136. The van der Waals surface area contributed by atoms with E-state index in [1.165, 1.54) is 26.4 Å². The van der Waals surface area contributed by atoms with Crippen molar-refractivity contribution in [2.45, 2.75) is 18.2 Å². The third-order valence-electron chi connectivity index (χ3n) is 3.06. The molecule has 136 valence electrons. The number of esters is 1. The number of ether oxygens (including phenoxy) is 3. The van der Waals surface area contributed by atoms with Crippen LogP contribution in [0.4, 0.5) is 5.13 Å². The molecule has 25 heavy (non-hydrogen) atoms. The van der Waals surface area contributed by atoms with Gasteiger partial charge < -0.3 is 14.2 Å². The highest BCUT2D eigenvalue weighted by Crippen LogP contribution is 2.30. The highest BCUT2D eigenvalue weighted by Gasteiger charge is 2.22. The first-order valence-corrected chi connectivity index (χ1v) is 9.60. The molecule has 0 saturated carbocycles. The molecule has 0 amide bonds. The monoisotopic (exact) mass is 386 g/mol. The molecule has 1 heterocycles. The van der Waals surface area contributed by atoms with Gasteiger partial charge in [0.05, 0.1) is 32.9 Å². The molecule has 0 bridgehead atoms. The van der Waals surface area contributed by atoms with Crippen molar-refractivity contribution in [3.05, 3.63) is 29.3 Å². The number of rotatable bonds is 8. The molecule has 0 atom stereocenters. The standard InChI is InChI=1S/C15H18N2O6S2/c1-4-23-14(18)7-10-9-24-15(16-10)17-25(19,20)13-8-11(21-2)5-6-12(13)22-3/h5-6,8-9H,4,7H2,1-3H3,(H,16,17). The van der Waals surface area contributed by atoms with Gasteiger partial charge in [0.2, 0.25) is 0 Å². The predicted molar refractivity (Wildman–Crippen MR) is 92.8 cm³/mol. The third kappa shape index (κ3) is 4.83. The van der Waals surface area contributed by atoms with Gasteiger partial charge in [-0.2, -0.15) is 0 Å². The number of hydrogen-bond acceptors (Lipinski definition) is 8. The Balaban J connectivity index is 2.22. The first kappa shape index (κ1) is 19.0. The van der Waals surface area contributed by atoms with Crippen LogP contribution in [-0.2, 0) is 26.0 Å². The van der Waals surface area contributed by atoms with Crippen molar-refractivity contribution in [2.24, 2.45) is 0 Å². The van der Waals surface area contributed by atoms with Crippen molar-refractivity contribution < 1.29 is 27.4 Å². The van der Waals surface area contributed by atoms with Gasteiger partial charge in [-0.25, -0.2) is 13.4 Å². The number of nitrogens with zero attached hydrogens (tertiary/aromatic N) is 1. The number of aromatic nitrogens is 1. The van der Waals surface area contributed by atoms with Crippen molar-refractivity contribution in [2.75, 3.05) is 25.5 Å². The second kappa shape index (κ2) is 8.17. The minimum Gasteiger partial charge on any atom is -0.497 e. The van der Waals surface area contributed by atoms with E-state index < -0.39 is 16.0 Å². The number of hydrogen-bond donors (Lipinski definition) is 1. The topological polar surface area (TPSA) is 104 Å². The summed E-state index contributed by atoms with van der Waals surface area (Å²) < 4.78 is 42.6. The zero-order chi connectivity index (χ0) is 18.4. The molecule has 10 heteroatoms. The van der Waals surface area contributed by atoms with Crippen LogP contribution in [0.25, 0.3) is 0 Å². The second-order valence-electron chi connectivity index (χ2n) is 4.75. The van der Waals surface area contributed by atoms with Crippen LogP contribution in [0.5, 0.6) is 11.5 Å². The van der Waals surface area contributed by atoms with E-state index in [4.69, 9.17) is 14.2 Å². The van der Waals surface area contributed by atoms with Gasteiger partial charge in [0.1, 0.15) is 16.4 Å².